The molecule has 0 aliphatic rings. The highest BCUT2D eigenvalue weighted by molar-refractivity contribution is 8.09. The van der Waals surface area contributed by atoms with Crippen LogP contribution in [0, 0.1) is 0 Å². The van der Waals surface area contributed by atoms with E-state index in [-0.39, 0.29) is 17.9 Å². The summed E-state index contributed by atoms with van der Waals surface area (Å²) in [5, 5.41) is 0. The molecule has 6 heteroatoms. The summed E-state index contributed by atoms with van der Waals surface area (Å²) >= 11 is 0. The topological polar surface area (TPSA) is 68.3 Å². The Morgan fingerprint density at radius 2 is 0.840 bits per heavy atom. The molecule has 0 fully saturated rings. The smallest absolute Gasteiger partial charge is 0.167 e. The Labute approximate surface area is 157 Å². The number of hydrogen-bond donors (Lipinski definition) is 0. The van der Waals surface area contributed by atoms with E-state index in [0.29, 0.717) is 6.42 Å². The molecule has 0 amide bonds. The zero-order valence-corrected chi connectivity index (χ0v) is 18.3. The molecule has 0 unspecified atom stereocenters. The average Bonchev–Trinajstić information content (AvgIpc) is 2.58. The van der Waals surface area contributed by atoms with Gasteiger partial charge in [-0.3, -0.25) is 0 Å². The van der Waals surface area contributed by atoms with Crippen LogP contribution < -0.4 is 0 Å². The lowest BCUT2D eigenvalue weighted by molar-refractivity contribution is 0.534. The van der Waals surface area contributed by atoms with Crippen LogP contribution in [0.25, 0.3) is 0 Å². The maximum absolute atomic E-state index is 12.1. The zero-order valence-electron chi connectivity index (χ0n) is 16.6. The lowest BCUT2D eigenvalue weighted by Crippen LogP contribution is -2.33. The van der Waals surface area contributed by atoms with Crippen molar-refractivity contribution < 1.29 is 16.8 Å². The van der Waals surface area contributed by atoms with Crippen LogP contribution in [0.2, 0.25) is 0 Å². The highest BCUT2D eigenvalue weighted by atomic mass is 32.3. The maximum Gasteiger partial charge on any atom is 0.167 e. The van der Waals surface area contributed by atoms with Crippen molar-refractivity contribution in [3.63, 3.8) is 0 Å². The minimum Gasteiger partial charge on any atom is -0.228 e. The van der Waals surface area contributed by atoms with Crippen LogP contribution in [0.15, 0.2) is 0 Å². The van der Waals surface area contributed by atoms with Gasteiger partial charge in [0.2, 0.25) is 0 Å². The molecule has 0 aliphatic carbocycles. The predicted molar refractivity (Wildman–Crippen MR) is 108 cm³/mol. The molecule has 0 aromatic rings. The first-order valence-corrected chi connectivity index (χ1v) is 13.7. The number of rotatable bonds is 17. The van der Waals surface area contributed by atoms with Gasteiger partial charge in [-0.1, -0.05) is 97.8 Å². The molecule has 0 spiro atoms. The van der Waals surface area contributed by atoms with E-state index in [9.17, 15) is 16.8 Å². The Kier molecular flexibility index (Phi) is 14.0. The van der Waals surface area contributed by atoms with Crippen LogP contribution in [0.1, 0.15) is 104 Å². The van der Waals surface area contributed by atoms with Crippen molar-refractivity contribution in [3.8, 4) is 0 Å². The summed E-state index contributed by atoms with van der Waals surface area (Å²) in [6.45, 7) is 5.28. The van der Waals surface area contributed by atoms with Crippen molar-refractivity contribution in [2.75, 3.05) is 11.5 Å². The molecule has 152 valence electrons. The summed E-state index contributed by atoms with van der Waals surface area (Å²) in [6, 6.07) is 0. The van der Waals surface area contributed by atoms with Gasteiger partial charge in [-0.05, 0) is 6.42 Å². The summed E-state index contributed by atoms with van der Waals surface area (Å²) < 4.78 is 47.0. The second-order valence-corrected chi connectivity index (χ2v) is 12.3. The fraction of sp³-hybridized carbons (Fsp3) is 1.00. The fourth-order valence-electron chi connectivity index (χ4n) is 3.11. The minimum atomic E-state index is -3.53. The largest absolute Gasteiger partial charge is 0.228 e. The molecule has 0 rings (SSSR count). The standard InChI is InChI=1S/C19H40O4S2/c1-4-7-8-9-10-11-12-13-14-15-16-17-18-19(24(20,21)5-2)25(22,23)6-3/h19H,4-18H2,1-3H3. The Hall–Kier alpha value is -0.100. The molecule has 0 atom stereocenters. The van der Waals surface area contributed by atoms with Gasteiger partial charge in [0, 0.05) is 11.5 Å². The number of hydrogen-bond acceptors (Lipinski definition) is 4. The Balaban J connectivity index is 3.87. The van der Waals surface area contributed by atoms with Gasteiger partial charge in [0.05, 0.1) is 0 Å². The van der Waals surface area contributed by atoms with E-state index in [1.54, 1.807) is 0 Å². The molecule has 0 heterocycles. The van der Waals surface area contributed by atoms with E-state index in [1.165, 1.54) is 71.6 Å². The SMILES string of the molecule is CCCCCCCCCCCCCCC(S(=O)(=O)CC)S(=O)(=O)CC. The maximum atomic E-state index is 12.1. The van der Waals surface area contributed by atoms with Gasteiger partial charge >= 0.3 is 0 Å². The normalized spacial score (nSPS) is 12.8. The van der Waals surface area contributed by atoms with E-state index in [1.807, 2.05) is 0 Å². The first-order valence-electron chi connectivity index (χ1n) is 10.2. The van der Waals surface area contributed by atoms with Gasteiger partial charge in [-0.2, -0.15) is 0 Å². The summed E-state index contributed by atoms with van der Waals surface area (Å²) in [7, 11) is -7.07. The zero-order chi connectivity index (χ0) is 19.2. The average molecular weight is 397 g/mol. The number of unbranched alkanes of at least 4 members (excludes halogenated alkanes) is 11. The van der Waals surface area contributed by atoms with Crippen molar-refractivity contribution >= 4 is 19.7 Å². The highest BCUT2D eigenvalue weighted by Gasteiger charge is 2.34. The van der Waals surface area contributed by atoms with Gasteiger partial charge in [0.15, 0.2) is 24.3 Å². The molecule has 0 N–H and O–H groups in total. The van der Waals surface area contributed by atoms with Crippen LogP contribution in [-0.2, 0) is 19.7 Å². The minimum absolute atomic E-state index is 0.102. The van der Waals surface area contributed by atoms with Gasteiger partial charge in [-0.15, -0.1) is 0 Å². The Bertz CT molecular complexity index is 476. The predicted octanol–water partition coefficient (Wildman–Crippen LogP) is 5.27. The van der Waals surface area contributed by atoms with Gasteiger partial charge < -0.3 is 0 Å². The van der Waals surface area contributed by atoms with Gasteiger partial charge in [0.25, 0.3) is 0 Å². The van der Waals surface area contributed by atoms with Crippen LogP contribution in [0.3, 0.4) is 0 Å². The molecule has 0 aromatic heterocycles. The molecule has 0 saturated heterocycles. The van der Waals surface area contributed by atoms with Gasteiger partial charge in [-0.25, -0.2) is 16.8 Å². The lowest BCUT2D eigenvalue weighted by atomic mass is 10.0. The van der Waals surface area contributed by atoms with Crippen molar-refractivity contribution in [2.24, 2.45) is 0 Å². The first-order chi connectivity index (χ1) is 11.8. The first kappa shape index (κ1) is 24.9. The quantitative estimate of drug-likeness (QED) is 0.314. The van der Waals surface area contributed by atoms with Gasteiger partial charge in [0.1, 0.15) is 0 Å². The van der Waals surface area contributed by atoms with Crippen molar-refractivity contribution in [1.29, 1.82) is 0 Å². The highest BCUT2D eigenvalue weighted by Crippen LogP contribution is 2.20. The van der Waals surface area contributed by atoms with Crippen molar-refractivity contribution in [3.05, 3.63) is 0 Å². The van der Waals surface area contributed by atoms with Crippen LogP contribution in [-0.4, -0.2) is 32.9 Å². The van der Waals surface area contributed by atoms with E-state index in [4.69, 9.17) is 0 Å². The molecule has 25 heavy (non-hydrogen) atoms. The Morgan fingerprint density at radius 1 is 0.520 bits per heavy atom. The van der Waals surface area contributed by atoms with E-state index in [0.717, 1.165) is 12.8 Å². The Morgan fingerprint density at radius 3 is 1.16 bits per heavy atom. The van der Waals surface area contributed by atoms with E-state index in [2.05, 4.69) is 6.92 Å². The molecule has 0 bridgehead atoms. The molecule has 0 saturated carbocycles. The lowest BCUT2D eigenvalue weighted by Gasteiger charge is -2.16. The van der Waals surface area contributed by atoms with Crippen LogP contribution >= 0.6 is 0 Å². The molecular weight excluding hydrogens is 356 g/mol. The second kappa shape index (κ2) is 14.0. The molecule has 0 aromatic carbocycles. The summed E-state index contributed by atoms with van der Waals surface area (Å²) in [4.78, 5) is 0. The summed E-state index contributed by atoms with van der Waals surface area (Å²) in [5.41, 5.74) is 0. The third-order valence-electron chi connectivity index (χ3n) is 4.90. The second-order valence-electron chi connectivity index (χ2n) is 7.01. The van der Waals surface area contributed by atoms with E-state index >= 15 is 0 Å². The fourth-order valence-corrected chi connectivity index (χ4v) is 7.50. The third kappa shape index (κ3) is 11.3. The molecule has 4 nitrogen and oxygen atoms in total. The molecular formula is C19H40O4S2. The van der Waals surface area contributed by atoms with Crippen molar-refractivity contribution in [2.45, 2.75) is 109 Å². The van der Waals surface area contributed by atoms with Crippen LogP contribution in [0.5, 0.6) is 0 Å². The molecule has 0 radical (unpaired) electrons. The monoisotopic (exact) mass is 396 g/mol. The van der Waals surface area contributed by atoms with Crippen molar-refractivity contribution in [1.82, 2.24) is 0 Å². The summed E-state index contributed by atoms with van der Waals surface area (Å²) in [5.74, 6) is -0.204. The van der Waals surface area contributed by atoms with Crippen LogP contribution in [0.4, 0.5) is 0 Å². The third-order valence-corrected chi connectivity index (χ3v) is 10.3. The summed E-state index contributed by atoms with van der Waals surface area (Å²) in [6.07, 6.45) is 14.6. The molecule has 0 aliphatic heterocycles. The van der Waals surface area contributed by atoms with E-state index < -0.39 is 24.3 Å². The number of sulfone groups is 2.